The molecular weight excluding hydrogens is 418 g/mol. The summed E-state index contributed by atoms with van der Waals surface area (Å²) in [6.45, 7) is 2.07. The molecule has 2 heterocycles. The van der Waals surface area contributed by atoms with Crippen molar-refractivity contribution in [2.24, 2.45) is 0 Å². The molecule has 3 aromatic carbocycles. The van der Waals surface area contributed by atoms with Crippen molar-refractivity contribution in [1.82, 2.24) is 9.88 Å². The normalized spacial score (nSPS) is 15.5. The molecule has 5 rings (SSSR count). The van der Waals surface area contributed by atoms with Crippen LogP contribution in [-0.4, -0.2) is 28.1 Å². The van der Waals surface area contributed by atoms with Gasteiger partial charge in [-0.15, -0.1) is 0 Å². The van der Waals surface area contributed by atoms with Gasteiger partial charge < -0.3 is 10.4 Å². The summed E-state index contributed by atoms with van der Waals surface area (Å²) in [5.74, 6) is 0.321. The number of pyridine rings is 1. The predicted molar refractivity (Wildman–Crippen MR) is 132 cm³/mol. The minimum atomic E-state index is 0.0197. The summed E-state index contributed by atoms with van der Waals surface area (Å²) < 4.78 is 0. The number of aromatic nitrogens is 1. The molecule has 1 fully saturated rings. The molecule has 1 aliphatic rings. The summed E-state index contributed by atoms with van der Waals surface area (Å²) in [5.41, 5.74) is 4.85. The number of likely N-dealkylation sites (tertiary alicyclic amines) is 1. The van der Waals surface area contributed by atoms with E-state index in [0.29, 0.717) is 10.8 Å². The quantitative estimate of drug-likeness (QED) is 0.329. The molecule has 0 aliphatic carbocycles. The van der Waals surface area contributed by atoms with Crippen LogP contribution in [0.25, 0.3) is 10.9 Å². The first-order chi connectivity index (χ1) is 15.7. The summed E-state index contributed by atoms with van der Waals surface area (Å²) in [7, 11) is 0. The highest BCUT2D eigenvalue weighted by molar-refractivity contribution is 6.31. The molecule has 0 spiro atoms. The van der Waals surface area contributed by atoms with Crippen LogP contribution in [0.15, 0.2) is 79.0 Å². The van der Waals surface area contributed by atoms with E-state index in [4.69, 9.17) is 11.6 Å². The number of nitrogens with zero attached hydrogens (tertiary/aromatic N) is 2. The number of fused-ring (bicyclic) bond motifs is 1. The number of aromatic hydroxyl groups is 1. The van der Waals surface area contributed by atoms with E-state index >= 15 is 0 Å². The number of halogens is 1. The van der Waals surface area contributed by atoms with Gasteiger partial charge in [-0.3, -0.25) is 9.88 Å². The first-order valence-electron chi connectivity index (χ1n) is 11.1. The van der Waals surface area contributed by atoms with Crippen molar-refractivity contribution < 1.29 is 5.11 Å². The molecule has 32 heavy (non-hydrogen) atoms. The Labute approximate surface area is 193 Å². The Balaban J connectivity index is 1.54. The number of phenolic OH excluding ortho intramolecular Hbond substituents is 1. The molecular formula is C27H26ClN3O. The molecule has 162 valence electrons. The number of piperidine rings is 1. The second kappa shape index (κ2) is 9.19. The van der Waals surface area contributed by atoms with Gasteiger partial charge in [0, 0.05) is 33.5 Å². The van der Waals surface area contributed by atoms with Gasteiger partial charge in [0.05, 0.1) is 11.6 Å². The lowest BCUT2D eigenvalue weighted by Crippen LogP contribution is -2.34. The fourth-order valence-corrected chi connectivity index (χ4v) is 4.80. The molecule has 1 aromatic heterocycles. The van der Waals surface area contributed by atoms with Crippen LogP contribution in [0.1, 0.15) is 36.4 Å². The smallest absolute Gasteiger partial charge is 0.120 e. The van der Waals surface area contributed by atoms with E-state index in [1.54, 1.807) is 12.3 Å². The fourth-order valence-electron chi connectivity index (χ4n) is 4.64. The van der Waals surface area contributed by atoms with Gasteiger partial charge in [-0.05, 0) is 74.0 Å². The number of anilines is 2. The molecule has 0 amide bonds. The zero-order valence-corrected chi connectivity index (χ0v) is 18.6. The highest BCUT2D eigenvalue weighted by atomic mass is 35.5. The Morgan fingerprint density at radius 1 is 0.906 bits per heavy atom. The predicted octanol–water partition coefficient (Wildman–Crippen LogP) is 6.91. The monoisotopic (exact) mass is 443 g/mol. The van der Waals surface area contributed by atoms with Crippen molar-refractivity contribution >= 4 is 33.9 Å². The average molecular weight is 444 g/mol. The van der Waals surface area contributed by atoms with Gasteiger partial charge in [-0.25, -0.2) is 0 Å². The SMILES string of the molecule is Oc1ccc(Nc2ccnc3cc(Cl)ccc23)cc1C(c1ccccc1)N1CCCCC1. The van der Waals surface area contributed by atoms with Crippen molar-refractivity contribution in [3.05, 3.63) is 95.1 Å². The van der Waals surface area contributed by atoms with Gasteiger partial charge in [0.2, 0.25) is 0 Å². The fraction of sp³-hybridized carbons (Fsp3) is 0.222. The third kappa shape index (κ3) is 4.29. The molecule has 5 heteroatoms. The minimum Gasteiger partial charge on any atom is -0.508 e. The molecule has 4 aromatic rings. The molecule has 0 bridgehead atoms. The van der Waals surface area contributed by atoms with E-state index in [-0.39, 0.29) is 6.04 Å². The van der Waals surface area contributed by atoms with E-state index in [9.17, 15) is 5.11 Å². The second-order valence-electron chi connectivity index (χ2n) is 8.33. The van der Waals surface area contributed by atoms with Gasteiger partial charge in [-0.2, -0.15) is 0 Å². The van der Waals surface area contributed by atoms with Gasteiger partial charge in [-0.1, -0.05) is 48.4 Å². The Morgan fingerprint density at radius 2 is 1.72 bits per heavy atom. The van der Waals surface area contributed by atoms with E-state index in [2.05, 4.69) is 45.5 Å². The zero-order chi connectivity index (χ0) is 21.9. The van der Waals surface area contributed by atoms with Gasteiger partial charge in [0.15, 0.2) is 0 Å². The van der Waals surface area contributed by atoms with Crippen LogP contribution < -0.4 is 5.32 Å². The largest absolute Gasteiger partial charge is 0.508 e. The Morgan fingerprint density at radius 3 is 2.53 bits per heavy atom. The Bertz CT molecular complexity index is 1220. The molecule has 1 atom stereocenters. The lowest BCUT2D eigenvalue weighted by molar-refractivity contribution is 0.185. The first kappa shape index (κ1) is 20.8. The van der Waals surface area contributed by atoms with Gasteiger partial charge in [0.25, 0.3) is 0 Å². The van der Waals surface area contributed by atoms with Crippen molar-refractivity contribution in [2.75, 3.05) is 18.4 Å². The van der Waals surface area contributed by atoms with Gasteiger partial charge in [0.1, 0.15) is 5.75 Å². The Hall–Kier alpha value is -3.08. The van der Waals surface area contributed by atoms with Crippen LogP contribution in [-0.2, 0) is 0 Å². The maximum atomic E-state index is 10.9. The lowest BCUT2D eigenvalue weighted by atomic mass is 9.94. The van der Waals surface area contributed by atoms with Crippen molar-refractivity contribution in [3.63, 3.8) is 0 Å². The van der Waals surface area contributed by atoms with Crippen LogP contribution in [0.3, 0.4) is 0 Å². The maximum absolute atomic E-state index is 10.9. The summed E-state index contributed by atoms with van der Waals surface area (Å²) in [5, 5.41) is 16.1. The molecule has 1 aliphatic heterocycles. The molecule has 1 saturated heterocycles. The second-order valence-corrected chi connectivity index (χ2v) is 8.76. The van der Waals surface area contributed by atoms with Gasteiger partial charge >= 0.3 is 0 Å². The van der Waals surface area contributed by atoms with E-state index in [1.165, 1.54) is 24.8 Å². The van der Waals surface area contributed by atoms with Crippen molar-refractivity contribution in [2.45, 2.75) is 25.3 Å². The summed E-state index contributed by atoms with van der Waals surface area (Å²) in [4.78, 5) is 6.92. The van der Waals surface area contributed by atoms with E-state index in [0.717, 1.165) is 40.9 Å². The molecule has 0 radical (unpaired) electrons. The molecule has 2 N–H and O–H groups in total. The number of hydrogen-bond donors (Lipinski definition) is 2. The first-order valence-corrected chi connectivity index (χ1v) is 11.5. The van der Waals surface area contributed by atoms with Crippen LogP contribution in [0, 0.1) is 0 Å². The molecule has 0 saturated carbocycles. The van der Waals surface area contributed by atoms with Crippen LogP contribution in [0.2, 0.25) is 5.02 Å². The topological polar surface area (TPSA) is 48.4 Å². The third-order valence-electron chi connectivity index (χ3n) is 6.18. The summed E-state index contributed by atoms with van der Waals surface area (Å²) in [6.07, 6.45) is 5.43. The maximum Gasteiger partial charge on any atom is 0.120 e. The van der Waals surface area contributed by atoms with Crippen LogP contribution in [0.5, 0.6) is 5.75 Å². The highest BCUT2D eigenvalue weighted by Gasteiger charge is 2.26. The van der Waals surface area contributed by atoms with E-state index < -0.39 is 0 Å². The third-order valence-corrected chi connectivity index (χ3v) is 6.41. The summed E-state index contributed by atoms with van der Waals surface area (Å²) >= 11 is 6.14. The van der Waals surface area contributed by atoms with E-state index in [1.807, 2.05) is 36.4 Å². The van der Waals surface area contributed by atoms with Crippen molar-refractivity contribution in [3.8, 4) is 5.75 Å². The number of rotatable bonds is 5. The van der Waals surface area contributed by atoms with Crippen LogP contribution >= 0.6 is 11.6 Å². The summed E-state index contributed by atoms with van der Waals surface area (Å²) in [6, 6.07) is 24.0. The number of nitrogens with one attached hydrogen (secondary N) is 1. The van der Waals surface area contributed by atoms with Crippen molar-refractivity contribution in [1.29, 1.82) is 0 Å². The highest BCUT2D eigenvalue weighted by Crippen LogP contribution is 2.38. The molecule has 1 unspecified atom stereocenters. The lowest BCUT2D eigenvalue weighted by Gasteiger charge is -2.35. The number of phenols is 1. The zero-order valence-electron chi connectivity index (χ0n) is 17.8. The Kier molecular flexibility index (Phi) is 5.97. The average Bonchev–Trinajstić information content (AvgIpc) is 2.83. The standard InChI is InChI=1S/C27H26ClN3O/c28-20-9-11-22-24(13-14-29-25(22)17-20)30-21-10-12-26(32)23(18-21)27(19-7-3-1-4-8-19)31-15-5-2-6-16-31/h1,3-4,7-14,17-18,27,32H,2,5-6,15-16H2,(H,29,30). The van der Waals surface area contributed by atoms with Crippen LogP contribution in [0.4, 0.5) is 11.4 Å². The number of benzene rings is 3. The minimum absolute atomic E-state index is 0.0197. The number of hydrogen-bond acceptors (Lipinski definition) is 4. The molecule has 4 nitrogen and oxygen atoms in total.